The second kappa shape index (κ2) is 8.43. The van der Waals surface area contributed by atoms with E-state index >= 15 is 0 Å². The monoisotopic (exact) mass is 365 g/mol. The maximum absolute atomic E-state index is 12.2. The van der Waals surface area contributed by atoms with Crippen LogP contribution >= 0.6 is 0 Å². The average Bonchev–Trinajstić information content (AvgIpc) is 2.48. The molecule has 6 nitrogen and oxygen atoms in total. The lowest BCUT2D eigenvalue weighted by Gasteiger charge is -2.39. The second-order valence-corrected chi connectivity index (χ2v) is 7.21. The second-order valence-electron chi connectivity index (χ2n) is 7.21. The molecule has 0 saturated heterocycles. The van der Waals surface area contributed by atoms with Crippen LogP contribution in [0.1, 0.15) is 76.0 Å². The van der Waals surface area contributed by atoms with Gasteiger partial charge >= 0.3 is 6.09 Å². The van der Waals surface area contributed by atoms with Gasteiger partial charge in [0, 0.05) is 5.54 Å². The van der Waals surface area contributed by atoms with E-state index in [1.807, 2.05) is 48.5 Å². The molecule has 1 amide bonds. The van der Waals surface area contributed by atoms with Crippen LogP contribution in [0, 0.1) is 6.92 Å². The quantitative estimate of drug-likeness (QED) is 0.700. The fourth-order valence-corrected chi connectivity index (χ4v) is 3.29. The van der Waals surface area contributed by atoms with E-state index in [1.54, 1.807) is 6.07 Å². The number of Topliss-reactive ketones (excluding diaryl/α,β-unsaturated/α-hetero) is 1. The van der Waals surface area contributed by atoms with E-state index in [1.165, 1.54) is 11.8 Å². The van der Waals surface area contributed by atoms with Crippen LogP contribution in [0.25, 0.3) is 0 Å². The highest BCUT2D eigenvalue weighted by Crippen LogP contribution is 2.40. The summed E-state index contributed by atoms with van der Waals surface area (Å²) in [4.78, 5) is 25.5. The number of carbonyl (C=O) groups is 2. The van der Waals surface area contributed by atoms with Gasteiger partial charge in [-0.2, -0.15) is 0 Å². The van der Waals surface area contributed by atoms with Gasteiger partial charge in [0.2, 0.25) is 0 Å². The molecule has 1 rings (SSSR count). The van der Waals surface area contributed by atoms with Crippen LogP contribution in [0.5, 0.6) is 11.5 Å². The SMILES string of the molecule is CCOc1cc(C(C)N(C(=O)O)C(C)(C)C)c(C)c(OCC)c1C(C)=O. The van der Waals surface area contributed by atoms with Gasteiger partial charge in [0.15, 0.2) is 5.78 Å². The minimum absolute atomic E-state index is 0.148. The number of carbonyl (C=O) groups excluding carboxylic acids is 1. The molecule has 1 aromatic rings. The summed E-state index contributed by atoms with van der Waals surface area (Å²) in [5.41, 5.74) is 1.33. The van der Waals surface area contributed by atoms with Crippen LogP contribution in [0.4, 0.5) is 4.79 Å². The van der Waals surface area contributed by atoms with Gasteiger partial charge in [-0.1, -0.05) is 0 Å². The zero-order valence-electron chi connectivity index (χ0n) is 17.1. The summed E-state index contributed by atoms with van der Waals surface area (Å²) in [6.45, 7) is 15.2. The zero-order valence-corrected chi connectivity index (χ0v) is 17.1. The first-order chi connectivity index (χ1) is 12.0. The Morgan fingerprint density at radius 2 is 1.73 bits per heavy atom. The van der Waals surface area contributed by atoms with Gasteiger partial charge in [0.05, 0.1) is 19.3 Å². The van der Waals surface area contributed by atoms with E-state index < -0.39 is 17.7 Å². The third kappa shape index (κ3) is 4.48. The molecular formula is C20H31NO5. The molecule has 0 aliphatic carbocycles. The number of benzene rings is 1. The molecule has 1 unspecified atom stereocenters. The minimum atomic E-state index is -1.00. The van der Waals surface area contributed by atoms with Crippen molar-refractivity contribution in [2.75, 3.05) is 13.2 Å². The predicted octanol–water partition coefficient (Wildman–Crippen LogP) is 4.83. The van der Waals surface area contributed by atoms with Crippen molar-refractivity contribution in [2.45, 2.75) is 67.0 Å². The number of nitrogens with zero attached hydrogens (tertiary/aromatic N) is 1. The van der Waals surface area contributed by atoms with Gasteiger partial charge in [0.1, 0.15) is 17.1 Å². The molecule has 146 valence electrons. The van der Waals surface area contributed by atoms with E-state index in [0.717, 1.165) is 11.1 Å². The Bertz CT molecular complexity index is 676. The number of hydrogen-bond acceptors (Lipinski definition) is 4. The summed E-state index contributed by atoms with van der Waals surface area (Å²) in [7, 11) is 0. The van der Waals surface area contributed by atoms with Crippen LogP contribution in [0.3, 0.4) is 0 Å². The molecule has 0 fully saturated rings. The highest BCUT2D eigenvalue weighted by molar-refractivity contribution is 6.00. The van der Waals surface area contributed by atoms with Gasteiger partial charge in [-0.05, 0) is 72.6 Å². The Hall–Kier alpha value is -2.24. The molecule has 0 aliphatic heterocycles. The Kier molecular flexibility index (Phi) is 7.07. The number of ketones is 1. The molecule has 0 aromatic heterocycles. The van der Waals surface area contributed by atoms with E-state index in [-0.39, 0.29) is 5.78 Å². The number of amides is 1. The van der Waals surface area contributed by atoms with Crippen molar-refractivity contribution in [3.63, 3.8) is 0 Å². The molecule has 26 heavy (non-hydrogen) atoms. The van der Waals surface area contributed by atoms with Crippen molar-refractivity contribution in [1.29, 1.82) is 0 Å². The average molecular weight is 365 g/mol. The van der Waals surface area contributed by atoms with Gasteiger partial charge in [0.25, 0.3) is 0 Å². The van der Waals surface area contributed by atoms with Crippen LogP contribution in [0.15, 0.2) is 6.07 Å². The number of ether oxygens (including phenoxy) is 2. The standard InChI is InChI=1S/C20H31NO5/c1-9-25-16-11-15(13(4)21(19(23)24)20(6,7)8)12(3)18(26-10-2)17(16)14(5)22/h11,13H,9-10H2,1-8H3,(H,23,24). The Balaban J connectivity index is 3.70. The first kappa shape index (κ1) is 21.8. The largest absolute Gasteiger partial charge is 0.493 e. The van der Waals surface area contributed by atoms with E-state index in [2.05, 4.69) is 0 Å². The van der Waals surface area contributed by atoms with Crippen LogP contribution < -0.4 is 9.47 Å². The van der Waals surface area contributed by atoms with Gasteiger partial charge in [-0.3, -0.25) is 9.69 Å². The molecular weight excluding hydrogens is 334 g/mol. The summed E-state index contributed by atoms with van der Waals surface area (Å²) < 4.78 is 11.5. The Morgan fingerprint density at radius 1 is 1.19 bits per heavy atom. The molecule has 1 aromatic carbocycles. The van der Waals surface area contributed by atoms with Crippen LogP contribution in [-0.2, 0) is 0 Å². The van der Waals surface area contributed by atoms with Crippen molar-refractivity contribution in [3.8, 4) is 11.5 Å². The highest BCUT2D eigenvalue weighted by Gasteiger charge is 2.34. The Labute approximate surface area is 156 Å². The van der Waals surface area contributed by atoms with Gasteiger partial charge < -0.3 is 14.6 Å². The molecule has 0 spiro atoms. The molecule has 1 atom stereocenters. The molecule has 0 bridgehead atoms. The van der Waals surface area contributed by atoms with Gasteiger partial charge in [-0.25, -0.2) is 4.79 Å². The fraction of sp³-hybridized carbons (Fsp3) is 0.600. The smallest absolute Gasteiger partial charge is 0.408 e. The summed E-state index contributed by atoms with van der Waals surface area (Å²) >= 11 is 0. The molecule has 6 heteroatoms. The normalized spacial score (nSPS) is 12.5. The van der Waals surface area contributed by atoms with Crippen molar-refractivity contribution < 1.29 is 24.2 Å². The molecule has 0 heterocycles. The molecule has 0 aliphatic rings. The zero-order chi connectivity index (χ0) is 20.2. The van der Waals surface area contributed by atoms with Crippen molar-refractivity contribution in [3.05, 3.63) is 22.8 Å². The number of carboxylic acid groups (broad SMARTS) is 1. The molecule has 0 radical (unpaired) electrons. The Morgan fingerprint density at radius 3 is 2.12 bits per heavy atom. The van der Waals surface area contributed by atoms with Crippen LogP contribution in [0.2, 0.25) is 0 Å². The predicted molar refractivity (Wildman–Crippen MR) is 102 cm³/mol. The maximum atomic E-state index is 12.2. The van der Waals surface area contributed by atoms with Crippen molar-refractivity contribution in [2.24, 2.45) is 0 Å². The molecule has 1 N–H and O–H groups in total. The van der Waals surface area contributed by atoms with Crippen LogP contribution in [-0.4, -0.2) is 40.6 Å². The first-order valence-electron chi connectivity index (χ1n) is 8.93. The third-order valence-electron chi connectivity index (χ3n) is 4.24. The lowest BCUT2D eigenvalue weighted by atomic mass is 9.93. The minimum Gasteiger partial charge on any atom is -0.493 e. The number of hydrogen-bond donors (Lipinski definition) is 1. The first-order valence-corrected chi connectivity index (χ1v) is 8.93. The van der Waals surface area contributed by atoms with E-state index in [9.17, 15) is 14.7 Å². The van der Waals surface area contributed by atoms with Crippen molar-refractivity contribution in [1.82, 2.24) is 4.90 Å². The topological polar surface area (TPSA) is 76.1 Å². The summed E-state index contributed by atoms with van der Waals surface area (Å²) in [6.07, 6.45) is -1.00. The summed E-state index contributed by atoms with van der Waals surface area (Å²) in [5, 5.41) is 9.73. The number of rotatable bonds is 7. The molecule has 0 saturated carbocycles. The lowest BCUT2D eigenvalue weighted by Crippen LogP contribution is -2.46. The van der Waals surface area contributed by atoms with Gasteiger partial charge in [-0.15, -0.1) is 0 Å². The van der Waals surface area contributed by atoms with E-state index in [4.69, 9.17) is 9.47 Å². The summed E-state index contributed by atoms with van der Waals surface area (Å²) in [6, 6.07) is 1.33. The lowest BCUT2D eigenvalue weighted by molar-refractivity contribution is 0.0747. The van der Waals surface area contributed by atoms with Crippen molar-refractivity contribution >= 4 is 11.9 Å². The summed E-state index contributed by atoms with van der Waals surface area (Å²) in [5.74, 6) is 0.743. The maximum Gasteiger partial charge on any atom is 0.408 e. The fourth-order valence-electron chi connectivity index (χ4n) is 3.29. The highest BCUT2D eigenvalue weighted by atomic mass is 16.5. The van der Waals surface area contributed by atoms with E-state index in [0.29, 0.717) is 30.3 Å². The third-order valence-corrected chi connectivity index (χ3v) is 4.24.